The molecule has 1 aliphatic carbocycles. The largest absolute Gasteiger partial charge is 0.293 e. The van der Waals surface area contributed by atoms with Gasteiger partial charge in [-0.25, -0.2) is 9.50 Å². The van der Waals surface area contributed by atoms with Crippen molar-refractivity contribution in [3.8, 4) is 22.4 Å². The van der Waals surface area contributed by atoms with Crippen LogP contribution in [0.5, 0.6) is 0 Å². The van der Waals surface area contributed by atoms with E-state index in [2.05, 4.69) is 24.2 Å². The summed E-state index contributed by atoms with van der Waals surface area (Å²) in [6.07, 6.45) is 2.32. The van der Waals surface area contributed by atoms with E-state index in [1.165, 1.54) is 5.56 Å². The van der Waals surface area contributed by atoms with Crippen molar-refractivity contribution in [1.82, 2.24) is 14.6 Å². The smallest absolute Gasteiger partial charge is 0.273 e. The molecule has 0 aliphatic heterocycles. The van der Waals surface area contributed by atoms with Crippen molar-refractivity contribution in [2.45, 2.75) is 25.7 Å². The van der Waals surface area contributed by atoms with Crippen molar-refractivity contribution in [3.63, 3.8) is 0 Å². The van der Waals surface area contributed by atoms with Gasteiger partial charge in [0.1, 0.15) is 0 Å². The molecule has 4 aromatic rings. The molecule has 2 heterocycles. The van der Waals surface area contributed by atoms with Gasteiger partial charge in [0.15, 0.2) is 5.65 Å². The summed E-state index contributed by atoms with van der Waals surface area (Å²) in [6.45, 7) is 2.05. The molecule has 1 aliphatic rings. The predicted molar refractivity (Wildman–Crippen MR) is 103 cm³/mol. The molecular weight excluding hydrogens is 322 g/mol. The van der Waals surface area contributed by atoms with E-state index in [0.29, 0.717) is 17.3 Å². The summed E-state index contributed by atoms with van der Waals surface area (Å²) in [5, 5.41) is 3.32. The topological polar surface area (TPSA) is 50.2 Å². The standard InChI is InChI=1S/C22H19N3O/c1-14-7-9-15(10-8-14)18-13-19(26)25-22(23-18)20(16-5-3-2-4-6-16)21(24-25)17-11-12-17/h2-10,13,17,24H,11-12H2,1H3. The monoisotopic (exact) mass is 341 g/mol. The maximum Gasteiger partial charge on any atom is 0.273 e. The van der Waals surface area contributed by atoms with Crippen LogP contribution in [0.2, 0.25) is 0 Å². The van der Waals surface area contributed by atoms with Crippen molar-refractivity contribution in [3.05, 3.63) is 82.3 Å². The lowest BCUT2D eigenvalue weighted by Gasteiger charge is -2.04. The Bertz CT molecular complexity index is 1150. The number of aromatic nitrogens is 3. The third kappa shape index (κ3) is 2.46. The van der Waals surface area contributed by atoms with Crippen LogP contribution in [0.3, 0.4) is 0 Å². The number of benzene rings is 2. The zero-order valence-electron chi connectivity index (χ0n) is 14.6. The second-order valence-corrected chi connectivity index (χ2v) is 7.05. The molecule has 0 saturated heterocycles. The number of fused-ring (bicyclic) bond motifs is 1. The van der Waals surface area contributed by atoms with E-state index in [-0.39, 0.29) is 5.56 Å². The van der Waals surface area contributed by atoms with Crippen molar-refractivity contribution in [2.75, 3.05) is 0 Å². The molecule has 0 atom stereocenters. The number of rotatable bonds is 3. The Labute approximate surface area is 151 Å². The van der Waals surface area contributed by atoms with E-state index in [0.717, 1.165) is 35.2 Å². The molecule has 0 unspecified atom stereocenters. The molecule has 128 valence electrons. The average Bonchev–Trinajstić information content (AvgIpc) is 3.43. The van der Waals surface area contributed by atoms with Gasteiger partial charge in [0.2, 0.25) is 0 Å². The van der Waals surface area contributed by atoms with E-state index < -0.39 is 0 Å². The molecule has 1 fully saturated rings. The summed E-state index contributed by atoms with van der Waals surface area (Å²) < 4.78 is 1.59. The van der Waals surface area contributed by atoms with Crippen LogP contribution >= 0.6 is 0 Å². The molecule has 0 amide bonds. The van der Waals surface area contributed by atoms with Gasteiger partial charge < -0.3 is 0 Å². The number of aryl methyl sites for hydroxylation is 1. The fourth-order valence-electron chi connectivity index (χ4n) is 3.48. The lowest BCUT2D eigenvalue weighted by atomic mass is 10.0. The summed E-state index contributed by atoms with van der Waals surface area (Å²) in [5.74, 6) is 0.495. The maximum atomic E-state index is 12.8. The third-order valence-corrected chi connectivity index (χ3v) is 5.04. The highest BCUT2D eigenvalue weighted by Gasteiger charge is 2.30. The first-order chi connectivity index (χ1) is 12.7. The summed E-state index contributed by atoms with van der Waals surface area (Å²) in [6, 6.07) is 20.0. The fourth-order valence-corrected chi connectivity index (χ4v) is 3.48. The lowest BCUT2D eigenvalue weighted by molar-refractivity contribution is 0.855. The summed E-state index contributed by atoms with van der Waals surface area (Å²) in [7, 11) is 0. The Morgan fingerprint density at radius 3 is 2.42 bits per heavy atom. The van der Waals surface area contributed by atoms with Crippen LogP contribution in [0, 0.1) is 6.92 Å². The Kier molecular flexibility index (Phi) is 3.32. The van der Waals surface area contributed by atoms with Crippen molar-refractivity contribution >= 4 is 5.65 Å². The van der Waals surface area contributed by atoms with Crippen LogP contribution in [0.1, 0.15) is 30.0 Å². The van der Waals surface area contributed by atoms with E-state index in [1.807, 2.05) is 42.5 Å². The SMILES string of the molecule is Cc1ccc(-c2cc(=O)n3[nH]c(C4CC4)c(-c4ccccc4)c3n2)cc1. The predicted octanol–water partition coefficient (Wildman–Crippen LogP) is 4.54. The van der Waals surface area contributed by atoms with Crippen LogP contribution in [0.25, 0.3) is 28.0 Å². The second-order valence-electron chi connectivity index (χ2n) is 7.05. The summed E-state index contributed by atoms with van der Waals surface area (Å²) >= 11 is 0. The molecule has 1 saturated carbocycles. The fraction of sp³-hybridized carbons (Fsp3) is 0.182. The van der Waals surface area contributed by atoms with Crippen molar-refractivity contribution < 1.29 is 0 Å². The quantitative estimate of drug-likeness (QED) is 0.595. The minimum Gasteiger partial charge on any atom is -0.293 e. The molecule has 4 heteroatoms. The molecule has 4 nitrogen and oxygen atoms in total. The zero-order chi connectivity index (χ0) is 17.7. The zero-order valence-corrected chi connectivity index (χ0v) is 14.6. The highest BCUT2D eigenvalue weighted by atomic mass is 16.1. The first kappa shape index (κ1) is 15.1. The van der Waals surface area contributed by atoms with Gasteiger partial charge in [-0.15, -0.1) is 0 Å². The van der Waals surface area contributed by atoms with Gasteiger partial charge in [-0.3, -0.25) is 9.89 Å². The van der Waals surface area contributed by atoms with Gasteiger partial charge in [-0.1, -0.05) is 60.2 Å². The highest BCUT2D eigenvalue weighted by Crippen LogP contribution is 2.44. The van der Waals surface area contributed by atoms with Gasteiger partial charge in [0.05, 0.1) is 5.69 Å². The first-order valence-electron chi connectivity index (χ1n) is 8.99. The molecule has 2 aromatic carbocycles. The van der Waals surface area contributed by atoms with Gasteiger partial charge in [0.25, 0.3) is 5.56 Å². The number of hydrogen-bond acceptors (Lipinski definition) is 2. The summed E-state index contributed by atoms with van der Waals surface area (Å²) in [5.41, 5.74) is 6.78. The summed E-state index contributed by atoms with van der Waals surface area (Å²) in [4.78, 5) is 17.6. The van der Waals surface area contributed by atoms with Crippen LogP contribution in [-0.4, -0.2) is 14.6 Å². The second kappa shape index (κ2) is 5.70. The highest BCUT2D eigenvalue weighted by molar-refractivity contribution is 5.82. The van der Waals surface area contributed by atoms with Gasteiger partial charge in [0, 0.05) is 28.8 Å². The molecule has 26 heavy (non-hydrogen) atoms. The Morgan fingerprint density at radius 2 is 1.73 bits per heavy atom. The molecular formula is C22H19N3O. The first-order valence-corrected chi connectivity index (χ1v) is 8.99. The number of aromatic amines is 1. The molecule has 5 rings (SSSR count). The van der Waals surface area contributed by atoms with Crippen LogP contribution in [0.4, 0.5) is 0 Å². The van der Waals surface area contributed by atoms with E-state index in [1.54, 1.807) is 10.6 Å². The van der Waals surface area contributed by atoms with Gasteiger partial charge >= 0.3 is 0 Å². The number of nitrogens with zero attached hydrogens (tertiary/aromatic N) is 2. The van der Waals surface area contributed by atoms with E-state index >= 15 is 0 Å². The molecule has 0 spiro atoms. The van der Waals surface area contributed by atoms with Crippen LogP contribution in [0.15, 0.2) is 65.5 Å². The number of H-pyrrole nitrogens is 1. The third-order valence-electron chi connectivity index (χ3n) is 5.04. The molecule has 0 radical (unpaired) electrons. The minimum atomic E-state index is -0.0744. The van der Waals surface area contributed by atoms with Crippen molar-refractivity contribution in [2.24, 2.45) is 0 Å². The Morgan fingerprint density at radius 1 is 1.00 bits per heavy atom. The van der Waals surface area contributed by atoms with E-state index in [9.17, 15) is 4.79 Å². The molecule has 0 bridgehead atoms. The van der Waals surface area contributed by atoms with Gasteiger partial charge in [-0.2, -0.15) is 0 Å². The Balaban J connectivity index is 1.80. The van der Waals surface area contributed by atoms with Crippen LogP contribution < -0.4 is 5.56 Å². The van der Waals surface area contributed by atoms with Crippen LogP contribution in [-0.2, 0) is 0 Å². The lowest BCUT2D eigenvalue weighted by Crippen LogP contribution is -2.14. The number of hydrogen-bond donors (Lipinski definition) is 1. The molecule has 2 aromatic heterocycles. The maximum absolute atomic E-state index is 12.8. The Hall–Kier alpha value is -3.14. The number of nitrogens with one attached hydrogen (secondary N) is 1. The normalized spacial score (nSPS) is 14.0. The van der Waals surface area contributed by atoms with E-state index in [4.69, 9.17) is 4.98 Å². The van der Waals surface area contributed by atoms with Crippen molar-refractivity contribution in [1.29, 1.82) is 0 Å². The van der Waals surface area contributed by atoms with Gasteiger partial charge in [-0.05, 0) is 25.3 Å². The molecule has 1 N–H and O–H groups in total. The average molecular weight is 341 g/mol. The minimum absolute atomic E-state index is 0.0744.